The van der Waals surface area contributed by atoms with E-state index in [0.717, 1.165) is 0 Å². The van der Waals surface area contributed by atoms with E-state index >= 15 is 0 Å². The highest BCUT2D eigenvalue weighted by Crippen LogP contribution is 2.27. The zero-order chi connectivity index (χ0) is 12.6. The normalized spacial score (nSPS) is 11.7. The van der Waals surface area contributed by atoms with E-state index in [4.69, 9.17) is 5.73 Å². The van der Waals surface area contributed by atoms with Crippen LogP contribution in [-0.4, -0.2) is 19.9 Å². The van der Waals surface area contributed by atoms with E-state index in [9.17, 15) is 5.11 Å². The molecule has 0 bridgehead atoms. The van der Waals surface area contributed by atoms with Crippen molar-refractivity contribution in [2.24, 2.45) is 0 Å². The first-order valence-corrected chi connectivity index (χ1v) is 5.38. The molecule has 0 aliphatic heterocycles. The van der Waals surface area contributed by atoms with E-state index in [-0.39, 0.29) is 11.3 Å². The number of rotatable bonds is 1. The number of nitrogen functional groups attached to an aromatic ring is 1. The van der Waals surface area contributed by atoms with Gasteiger partial charge in [-0.2, -0.15) is 5.10 Å². The minimum Gasteiger partial charge on any atom is -0.506 e. The standard InChI is InChI=1S/C12H16N4O/c1-12(2,3)16-7-10(13)11(15-16)8-4-9(17)6-14-5-8/h4-7,17H,13H2,1-3H3. The van der Waals surface area contributed by atoms with E-state index in [1.807, 2.05) is 25.5 Å². The molecule has 0 fully saturated rings. The van der Waals surface area contributed by atoms with Gasteiger partial charge in [0.25, 0.3) is 0 Å². The summed E-state index contributed by atoms with van der Waals surface area (Å²) in [6.45, 7) is 6.14. The van der Waals surface area contributed by atoms with E-state index in [0.29, 0.717) is 16.9 Å². The molecule has 0 spiro atoms. The Morgan fingerprint density at radius 3 is 2.53 bits per heavy atom. The SMILES string of the molecule is CC(C)(C)n1cc(N)c(-c2cncc(O)c2)n1. The predicted molar refractivity (Wildman–Crippen MR) is 66.5 cm³/mol. The molecule has 0 unspecified atom stereocenters. The van der Waals surface area contributed by atoms with Gasteiger partial charge < -0.3 is 10.8 Å². The van der Waals surface area contributed by atoms with Gasteiger partial charge in [0.15, 0.2) is 0 Å². The Bertz CT molecular complexity index is 540. The Hall–Kier alpha value is -2.04. The van der Waals surface area contributed by atoms with Gasteiger partial charge in [-0.25, -0.2) is 0 Å². The molecule has 2 rings (SSSR count). The average Bonchev–Trinajstić information content (AvgIpc) is 2.60. The van der Waals surface area contributed by atoms with Gasteiger partial charge >= 0.3 is 0 Å². The summed E-state index contributed by atoms with van der Waals surface area (Å²) < 4.78 is 1.81. The first-order chi connectivity index (χ1) is 7.88. The summed E-state index contributed by atoms with van der Waals surface area (Å²) in [6, 6.07) is 1.60. The van der Waals surface area contributed by atoms with E-state index < -0.39 is 0 Å². The van der Waals surface area contributed by atoms with Gasteiger partial charge in [-0.15, -0.1) is 0 Å². The molecule has 2 heterocycles. The molecule has 0 saturated carbocycles. The van der Waals surface area contributed by atoms with Crippen LogP contribution in [0.15, 0.2) is 24.7 Å². The molecular weight excluding hydrogens is 216 g/mol. The minimum absolute atomic E-state index is 0.104. The summed E-state index contributed by atoms with van der Waals surface area (Å²) in [4.78, 5) is 3.92. The highest BCUT2D eigenvalue weighted by molar-refractivity contribution is 5.72. The first-order valence-electron chi connectivity index (χ1n) is 5.38. The quantitative estimate of drug-likeness (QED) is 0.788. The molecule has 0 aromatic carbocycles. The molecule has 0 amide bonds. The number of pyridine rings is 1. The summed E-state index contributed by atoms with van der Waals surface area (Å²) in [5.74, 6) is 0.104. The zero-order valence-corrected chi connectivity index (χ0v) is 10.2. The van der Waals surface area contributed by atoms with E-state index in [1.165, 1.54) is 6.20 Å². The molecule has 5 nitrogen and oxygen atoms in total. The summed E-state index contributed by atoms with van der Waals surface area (Å²) in [7, 11) is 0. The van der Waals surface area contributed by atoms with Gasteiger partial charge in [0.2, 0.25) is 0 Å². The summed E-state index contributed by atoms with van der Waals surface area (Å²) >= 11 is 0. The molecule has 2 aromatic rings. The number of aromatic nitrogens is 3. The third-order valence-electron chi connectivity index (χ3n) is 2.43. The Morgan fingerprint density at radius 1 is 1.29 bits per heavy atom. The van der Waals surface area contributed by atoms with Crippen molar-refractivity contribution in [3.63, 3.8) is 0 Å². The van der Waals surface area contributed by atoms with Crippen LogP contribution in [0.1, 0.15) is 20.8 Å². The topological polar surface area (TPSA) is 77.0 Å². The van der Waals surface area contributed by atoms with Crippen molar-refractivity contribution in [1.82, 2.24) is 14.8 Å². The van der Waals surface area contributed by atoms with Crippen molar-refractivity contribution in [2.75, 3.05) is 5.73 Å². The molecule has 0 aliphatic rings. The van der Waals surface area contributed by atoms with Crippen molar-refractivity contribution in [3.05, 3.63) is 24.7 Å². The van der Waals surface area contributed by atoms with Gasteiger partial charge in [0.05, 0.1) is 17.4 Å². The van der Waals surface area contributed by atoms with Crippen molar-refractivity contribution in [2.45, 2.75) is 26.3 Å². The lowest BCUT2D eigenvalue weighted by atomic mass is 10.1. The van der Waals surface area contributed by atoms with Crippen LogP contribution in [0.2, 0.25) is 0 Å². The van der Waals surface area contributed by atoms with Crippen LogP contribution < -0.4 is 5.73 Å². The fourth-order valence-corrected chi connectivity index (χ4v) is 1.51. The largest absolute Gasteiger partial charge is 0.506 e. The van der Waals surface area contributed by atoms with Crippen LogP contribution in [-0.2, 0) is 5.54 Å². The number of nitrogens with zero attached hydrogens (tertiary/aromatic N) is 3. The van der Waals surface area contributed by atoms with Crippen LogP contribution >= 0.6 is 0 Å². The highest BCUT2D eigenvalue weighted by Gasteiger charge is 2.17. The second-order valence-corrected chi connectivity index (χ2v) is 4.98. The molecule has 0 saturated heterocycles. The van der Waals surface area contributed by atoms with Gasteiger partial charge in [-0.3, -0.25) is 9.67 Å². The van der Waals surface area contributed by atoms with Crippen LogP contribution in [0, 0.1) is 0 Å². The van der Waals surface area contributed by atoms with Crippen molar-refractivity contribution < 1.29 is 5.11 Å². The van der Waals surface area contributed by atoms with Crippen molar-refractivity contribution in [1.29, 1.82) is 0 Å². The number of nitrogens with two attached hydrogens (primary N) is 1. The second-order valence-electron chi connectivity index (χ2n) is 4.98. The molecule has 0 radical (unpaired) electrons. The minimum atomic E-state index is -0.128. The fourth-order valence-electron chi connectivity index (χ4n) is 1.51. The van der Waals surface area contributed by atoms with Gasteiger partial charge in [-0.05, 0) is 26.8 Å². The predicted octanol–water partition coefficient (Wildman–Crippen LogP) is 1.99. The average molecular weight is 232 g/mol. The van der Waals surface area contributed by atoms with Crippen LogP contribution in [0.25, 0.3) is 11.3 Å². The smallest absolute Gasteiger partial charge is 0.134 e. The third-order valence-corrected chi connectivity index (χ3v) is 2.43. The van der Waals surface area contributed by atoms with Crippen LogP contribution in [0.3, 0.4) is 0 Å². The Balaban J connectivity index is 2.50. The lowest BCUT2D eigenvalue weighted by molar-refractivity contribution is 0.356. The zero-order valence-electron chi connectivity index (χ0n) is 10.2. The van der Waals surface area contributed by atoms with Gasteiger partial charge in [-0.1, -0.05) is 0 Å². The maximum absolute atomic E-state index is 9.39. The monoisotopic (exact) mass is 232 g/mol. The Labute approximate surface area is 99.9 Å². The fraction of sp³-hybridized carbons (Fsp3) is 0.333. The maximum Gasteiger partial charge on any atom is 0.134 e. The number of anilines is 1. The Kier molecular flexibility index (Phi) is 2.53. The molecule has 90 valence electrons. The molecule has 3 N–H and O–H groups in total. The van der Waals surface area contributed by atoms with E-state index in [1.54, 1.807) is 18.5 Å². The lowest BCUT2D eigenvalue weighted by Crippen LogP contribution is -2.22. The van der Waals surface area contributed by atoms with Gasteiger partial charge in [0, 0.05) is 18.0 Å². The molecule has 0 aliphatic carbocycles. The summed E-state index contributed by atoms with van der Waals surface area (Å²) in [6.07, 6.45) is 4.80. The molecule has 17 heavy (non-hydrogen) atoms. The van der Waals surface area contributed by atoms with Crippen LogP contribution in [0.5, 0.6) is 5.75 Å². The summed E-state index contributed by atoms with van der Waals surface area (Å²) in [5, 5.41) is 13.8. The molecule has 5 heteroatoms. The third kappa shape index (κ3) is 2.22. The second kappa shape index (κ2) is 3.76. The molecular formula is C12H16N4O. The van der Waals surface area contributed by atoms with Gasteiger partial charge in [0.1, 0.15) is 11.4 Å². The molecule has 2 aromatic heterocycles. The number of hydrogen-bond acceptors (Lipinski definition) is 4. The summed E-state index contributed by atoms with van der Waals surface area (Å²) in [5.41, 5.74) is 7.73. The lowest BCUT2D eigenvalue weighted by Gasteiger charge is -2.18. The van der Waals surface area contributed by atoms with Crippen molar-refractivity contribution in [3.8, 4) is 17.0 Å². The number of hydrogen-bond donors (Lipinski definition) is 2. The van der Waals surface area contributed by atoms with E-state index in [2.05, 4.69) is 10.1 Å². The van der Waals surface area contributed by atoms with Crippen molar-refractivity contribution >= 4 is 5.69 Å². The first kappa shape index (κ1) is 11.4. The maximum atomic E-state index is 9.39. The molecule has 0 atom stereocenters. The Morgan fingerprint density at radius 2 is 2.00 bits per heavy atom. The number of aromatic hydroxyl groups is 1. The van der Waals surface area contributed by atoms with Crippen LogP contribution in [0.4, 0.5) is 5.69 Å². The highest BCUT2D eigenvalue weighted by atomic mass is 16.3.